The van der Waals surface area contributed by atoms with Crippen molar-refractivity contribution < 1.29 is 9.90 Å². The summed E-state index contributed by atoms with van der Waals surface area (Å²) in [6.45, 7) is 7.83. The molecule has 0 spiro atoms. The van der Waals surface area contributed by atoms with Gasteiger partial charge in [-0.15, -0.1) is 0 Å². The highest BCUT2D eigenvalue weighted by Gasteiger charge is 2.13. The first-order valence-corrected chi connectivity index (χ1v) is 8.75. The fraction of sp³-hybridized carbons (Fsp3) is 0.611. The number of aliphatic hydroxyl groups excluding tert-OH is 1. The molecule has 1 aliphatic rings. The van der Waals surface area contributed by atoms with Gasteiger partial charge in [0.15, 0.2) is 0 Å². The lowest BCUT2D eigenvalue weighted by molar-refractivity contribution is 0.155. The molecule has 134 valence electrons. The van der Waals surface area contributed by atoms with E-state index in [2.05, 4.69) is 39.6 Å². The molecule has 0 saturated carbocycles. The summed E-state index contributed by atoms with van der Waals surface area (Å²) in [5.41, 5.74) is 2.07. The van der Waals surface area contributed by atoms with Gasteiger partial charge in [-0.25, -0.2) is 4.79 Å². The molecule has 0 aliphatic carbocycles. The number of benzene rings is 1. The van der Waals surface area contributed by atoms with Crippen molar-refractivity contribution in [1.82, 2.24) is 15.1 Å². The molecule has 1 heterocycles. The SMILES string of the molecule is CC(O)CCNC(=O)Nc1ccc(CCN2CCN(C)CC2)cc1. The Morgan fingerprint density at radius 3 is 2.50 bits per heavy atom. The normalized spacial score (nSPS) is 17.5. The van der Waals surface area contributed by atoms with Crippen molar-refractivity contribution in [1.29, 1.82) is 0 Å². The van der Waals surface area contributed by atoms with Crippen LogP contribution in [0.3, 0.4) is 0 Å². The molecular weight excluding hydrogens is 304 g/mol. The highest BCUT2D eigenvalue weighted by Crippen LogP contribution is 2.11. The lowest BCUT2D eigenvalue weighted by atomic mass is 10.1. The maximum absolute atomic E-state index is 11.7. The summed E-state index contributed by atoms with van der Waals surface area (Å²) in [5, 5.41) is 14.7. The molecule has 1 fully saturated rings. The van der Waals surface area contributed by atoms with Crippen LogP contribution in [0.2, 0.25) is 0 Å². The predicted octanol–water partition coefficient (Wildman–Crippen LogP) is 1.37. The number of hydrogen-bond donors (Lipinski definition) is 3. The number of nitrogens with zero attached hydrogens (tertiary/aromatic N) is 2. The van der Waals surface area contributed by atoms with Crippen LogP contribution >= 0.6 is 0 Å². The zero-order valence-electron chi connectivity index (χ0n) is 14.8. The Hall–Kier alpha value is -1.63. The second-order valence-electron chi connectivity index (χ2n) is 6.61. The Labute approximate surface area is 144 Å². The summed E-state index contributed by atoms with van der Waals surface area (Å²) in [4.78, 5) is 16.6. The average Bonchev–Trinajstić information content (AvgIpc) is 2.55. The fourth-order valence-corrected chi connectivity index (χ4v) is 2.68. The van der Waals surface area contributed by atoms with Gasteiger partial charge in [0.25, 0.3) is 0 Å². The number of hydrogen-bond acceptors (Lipinski definition) is 4. The van der Waals surface area contributed by atoms with Crippen molar-refractivity contribution >= 4 is 11.7 Å². The Morgan fingerprint density at radius 2 is 1.88 bits per heavy atom. The Balaban J connectivity index is 1.69. The van der Waals surface area contributed by atoms with Crippen LogP contribution in [0.5, 0.6) is 0 Å². The van der Waals surface area contributed by atoms with E-state index in [9.17, 15) is 4.79 Å². The highest BCUT2D eigenvalue weighted by molar-refractivity contribution is 5.89. The molecule has 1 unspecified atom stereocenters. The molecule has 0 radical (unpaired) electrons. The highest BCUT2D eigenvalue weighted by atomic mass is 16.3. The lowest BCUT2D eigenvalue weighted by Gasteiger charge is -2.32. The average molecular weight is 334 g/mol. The van der Waals surface area contributed by atoms with E-state index < -0.39 is 6.10 Å². The first-order valence-electron chi connectivity index (χ1n) is 8.75. The summed E-state index contributed by atoms with van der Waals surface area (Å²) >= 11 is 0. The quantitative estimate of drug-likeness (QED) is 0.704. The third-order valence-corrected chi connectivity index (χ3v) is 4.37. The van der Waals surface area contributed by atoms with E-state index in [4.69, 9.17) is 5.11 Å². The zero-order valence-corrected chi connectivity index (χ0v) is 14.8. The molecule has 3 N–H and O–H groups in total. The third-order valence-electron chi connectivity index (χ3n) is 4.37. The van der Waals surface area contributed by atoms with Crippen LogP contribution in [0.15, 0.2) is 24.3 Å². The summed E-state index contributed by atoms with van der Waals surface area (Å²) in [7, 11) is 2.17. The second kappa shape index (κ2) is 9.61. The van der Waals surface area contributed by atoms with Crippen LogP contribution in [0.1, 0.15) is 18.9 Å². The summed E-state index contributed by atoms with van der Waals surface area (Å²) in [5.74, 6) is 0. The molecule has 1 saturated heterocycles. The van der Waals surface area contributed by atoms with E-state index in [0.29, 0.717) is 13.0 Å². The number of likely N-dealkylation sites (N-methyl/N-ethyl adjacent to an activating group) is 1. The van der Waals surface area contributed by atoms with Gasteiger partial charge in [0, 0.05) is 45.0 Å². The molecule has 24 heavy (non-hydrogen) atoms. The maximum atomic E-state index is 11.7. The first kappa shape index (κ1) is 18.7. The van der Waals surface area contributed by atoms with Gasteiger partial charge in [0.05, 0.1) is 6.10 Å². The molecule has 2 rings (SSSR count). The van der Waals surface area contributed by atoms with Crippen LogP contribution in [-0.2, 0) is 6.42 Å². The maximum Gasteiger partial charge on any atom is 0.319 e. The standard InChI is InChI=1S/C18H30N4O2/c1-15(23)7-9-19-18(24)20-17-5-3-16(4-6-17)8-10-22-13-11-21(2)12-14-22/h3-6,15,23H,7-14H2,1-2H3,(H2,19,20,24). The van der Waals surface area contributed by atoms with Crippen LogP contribution in [-0.4, -0.2) is 73.4 Å². The van der Waals surface area contributed by atoms with Gasteiger partial charge in [-0.2, -0.15) is 0 Å². The van der Waals surface area contributed by atoms with Gasteiger partial charge in [-0.1, -0.05) is 12.1 Å². The predicted molar refractivity (Wildman–Crippen MR) is 97.4 cm³/mol. The van der Waals surface area contributed by atoms with Crippen molar-refractivity contribution in [3.63, 3.8) is 0 Å². The fourth-order valence-electron chi connectivity index (χ4n) is 2.68. The molecule has 1 aliphatic heterocycles. The monoisotopic (exact) mass is 334 g/mol. The molecule has 6 heteroatoms. The lowest BCUT2D eigenvalue weighted by Crippen LogP contribution is -2.45. The number of nitrogens with one attached hydrogen (secondary N) is 2. The minimum atomic E-state index is -0.398. The number of carbonyl (C=O) groups excluding carboxylic acids is 1. The van der Waals surface area contributed by atoms with E-state index in [1.54, 1.807) is 6.92 Å². The molecule has 1 atom stereocenters. The summed E-state index contributed by atoms with van der Waals surface area (Å²) < 4.78 is 0. The topological polar surface area (TPSA) is 67.8 Å². The number of aliphatic hydroxyl groups is 1. The Bertz CT molecular complexity index is 496. The Kier molecular flexibility index (Phi) is 7.49. The van der Waals surface area contributed by atoms with Crippen molar-refractivity contribution in [2.75, 3.05) is 51.6 Å². The molecule has 1 aromatic carbocycles. The van der Waals surface area contributed by atoms with Gasteiger partial charge in [-0.3, -0.25) is 0 Å². The second-order valence-corrected chi connectivity index (χ2v) is 6.61. The Morgan fingerprint density at radius 1 is 1.21 bits per heavy atom. The molecule has 0 bridgehead atoms. The van der Waals surface area contributed by atoms with Gasteiger partial charge in [0.1, 0.15) is 0 Å². The largest absolute Gasteiger partial charge is 0.393 e. The minimum Gasteiger partial charge on any atom is -0.393 e. The molecule has 6 nitrogen and oxygen atoms in total. The number of carbonyl (C=O) groups is 1. The molecular formula is C18H30N4O2. The smallest absolute Gasteiger partial charge is 0.319 e. The van der Waals surface area contributed by atoms with Gasteiger partial charge in [0.2, 0.25) is 0 Å². The third kappa shape index (κ3) is 6.86. The van der Waals surface area contributed by atoms with Crippen LogP contribution in [0.4, 0.5) is 10.5 Å². The molecule has 2 amide bonds. The molecule has 1 aromatic rings. The van der Waals surface area contributed by atoms with E-state index in [1.165, 1.54) is 5.56 Å². The van der Waals surface area contributed by atoms with Crippen LogP contribution in [0, 0.1) is 0 Å². The van der Waals surface area contributed by atoms with Crippen molar-refractivity contribution in [3.05, 3.63) is 29.8 Å². The van der Waals surface area contributed by atoms with Gasteiger partial charge < -0.3 is 25.5 Å². The van der Waals surface area contributed by atoms with Crippen molar-refractivity contribution in [2.45, 2.75) is 25.9 Å². The van der Waals surface area contributed by atoms with Crippen LogP contribution < -0.4 is 10.6 Å². The summed E-state index contributed by atoms with van der Waals surface area (Å²) in [6.07, 6.45) is 1.19. The number of piperazine rings is 1. The number of amides is 2. The van der Waals surface area contributed by atoms with Gasteiger partial charge >= 0.3 is 6.03 Å². The van der Waals surface area contributed by atoms with Gasteiger partial charge in [-0.05, 0) is 44.5 Å². The number of urea groups is 1. The first-order chi connectivity index (χ1) is 11.5. The van der Waals surface area contributed by atoms with Crippen molar-refractivity contribution in [2.24, 2.45) is 0 Å². The van der Waals surface area contributed by atoms with E-state index >= 15 is 0 Å². The zero-order chi connectivity index (χ0) is 17.4. The van der Waals surface area contributed by atoms with E-state index in [1.807, 2.05) is 12.1 Å². The summed E-state index contributed by atoms with van der Waals surface area (Å²) in [6, 6.07) is 7.78. The molecule has 0 aromatic heterocycles. The minimum absolute atomic E-state index is 0.235. The van der Waals surface area contributed by atoms with E-state index in [-0.39, 0.29) is 6.03 Å². The number of rotatable bonds is 7. The van der Waals surface area contributed by atoms with Crippen LogP contribution in [0.25, 0.3) is 0 Å². The van der Waals surface area contributed by atoms with E-state index in [0.717, 1.165) is 44.8 Å². The van der Waals surface area contributed by atoms with Crippen molar-refractivity contribution in [3.8, 4) is 0 Å². The number of anilines is 1.